The standard InChI is InChI=1S/C40H44N2O8/c1-44-20-5-17-41-19-21-45-36-14-10-31(22-35(36)41)27-47-39-24-42(40(43)48-26-29-6-3-2-4-7-29)18-16-34(39)32-11-8-30(9-12-32)25-46-33-13-15-37-38(23-33)50-28-49-37/h2-4,6-15,22-23,34,39H,5,16-21,24-28H2,1H3. The van der Waals surface area contributed by atoms with Crippen molar-refractivity contribution in [3.63, 3.8) is 0 Å². The second-order valence-corrected chi connectivity index (χ2v) is 12.8. The SMILES string of the molecule is COCCCN1CCOc2ccc(COC3CN(C(=O)OCc4ccccc4)CCC3c3ccc(COc4ccc5c(c4)OCO5)cc3)cc21. The van der Waals surface area contributed by atoms with Crippen LogP contribution >= 0.6 is 0 Å². The van der Waals surface area contributed by atoms with E-state index >= 15 is 0 Å². The fourth-order valence-corrected chi connectivity index (χ4v) is 6.68. The van der Waals surface area contributed by atoms with E-state index in [9.17, 15) is 4.79 Å². The Morgan fingerprint density at radius 1 is 0.800 bits per heavy atom. The van der Waals surface area contributed by atoms with Gasteiger partial charge in [0.2, 0.25) is 6.79 Å². The third-order valence-corrected chi connectivity index (χ3v) is 9.40. The number of likely N-dealkylation sites (tertiary alicyclic amines) is 1. The monoisotopic (exact) mass is 680 g/mol. The van der Waals surface area contributed by atoms with Crippen molar-refractivity contribution in [1.82, 2.24) is 4.90 Å². The normalized spacial score (nSPS) is 17.9. The Bertz CT molecular complexity index is 1720. The number of hydrogen-bond acceptors (Lipinski definition) is 9. The first-order valence-electron chi connectivity index (χ1n) is 17.3. The minimum absolute atomic E-state index is 0.100. The Morgan fingerprint density at radius 2 is 1.60 bits per heavy atom. The topological polar surface area (TPSA) is 88.2 Å². The smallest absolute Gasteiger partial charge is 0.410 e. The minimum Gasteiger partial charge on any atom is -0.490 e. The molecule has 4 aromatic carbocycles. The highest BCUT2D eigenvalue weighted by atomic mass is 16.7. The Labute approximate surface area is 293 Å². The first-order valence-corrected chi connectivity index (χ1v) is 17.3. The number of amides is 1. The molecule has 3 aliphatic heterocycles. The molecule has 0 radical (unpaired) electrons. The lowest BCUT2D eigenvalue weighted by molar-refractivity contribution is -0.0246. The van der Waals surface area contributed by atoms with Crippen LogP contribution < -0.4 is 23.8 Å². The zero-order valence-corrected chi connectivity index (χ0v) is 28.5. The maximum atomic E-state index is 13.2. The van der Waals surface area contributed by atoms with Gasteiger partial charge in [-0.2, -0.15) is 0 Å². The van der Waals surface area contributed by atoms with E-state index in [2.05, 4.69) is 41.3 Å². The van der Waals surface area contributed by atoms with Crippen LogP contribution in [0.2, 0.25) is 0 Å². The number of rotatable bonds is 13. The van der Waals surface area contributed by atoms with Crippen LogP contribution in [0.25, 0.3) is 0 Å². The largest absolute Gasteiger partial charge is 0.490 e. The van der Waals surface area contributed by atoms with E-state index < -0.39 is 0 Å². The molecule has 0 aliphatic carbocycles. The van der Waals surface area contributed by atoms with Crippen LogP contribution in [0.3, 0.4) is 0 Å². The minimum atomic E-state index is -0.324. The van der Waals surface area contributed by atoms with Crippen molar-refractivity contribution < 1.29 is 38.0 Å². The molecule has 1 saturated heterocycles. The molecule has 10 nitrogen and oxygen atoms in total. The lowest BCUT2D eigenvalue weighted by Crippen LogP contribution is -2.47. The molecule has 2 unspecified atom stereocenters. The number of hydrogen-bond donors (Lipinski definition) is 0. The molecule has 3 aliphatic rings. The number of carbonyl (C=O) groups is 1. The van der Waals surface area contributed by atoms with Crippen LogP contribution in [0.15, 0.2) is 91.0 Å². The van der Waals surface area contributed by atoms with Gasteiger partial charge >= 0.3 is 6.09 Å². The van der Waals surface area contributed by atoms with Gasteiger partial charge in [0.15, 0.2) is 11.5 Å². The van der Waals surface area contributed by atoms with Gasteiger partial charge in [-0.15, -0.1) is 0 Å². The molecule has 50 heavy (non-hydrogen) atoms. The van der Waals surface area contributed by atoms with Gasteiger partial charge in [-0.05, 0) is 59.4 Å². The number of methoxy groups -OCH3 is 1. The first-order chi connectivity index (χ1) is 24.6. The average Bonchev–Trinajstić information content (AvgIpc) is 3.64. The molecule has 3 heterocycles. The maximum absolute atomic E-state index is 13.2. The van der Waals surface area contributed by atoms with Gasteiger partial charge in [-0.25, -0.2) is 4.79 Å². The first kappa shape index (κ1) is 33.6. The second-order valence-electron chi connectivity index (χ2n) is 12.8. The summed E-state index contributed by atoms with van der Waals surface area (Å²) in [6, 6.07) is 30.1. The highest BCUT2D eigenvalue weighted by Gasteiger charge is 2.34. The lowest BCUT2D eigenvalue weighted by atomic mass is 9.86. The third-order valence-electron chi connectivity index (χ3n) is 9.40. The second kappa shape index (κ2) is 16.2. The number of fused-ring (bicyclic) bond motifs is 2. The number of piperidine rings is 1. The molecule has 2 atom stereocenters. The van der Waals surface area contributed by atoms with Gasteiger partial charge in [-0.3, -0.25) is 0 Å². The summed E-state index contributed by atoms with van der Waals surface area (Å²) in [6.07, 6.45) is 1.15. The van der Waals surface area contributed by atoms with E-state index in [1.54, 1.807) is 12.0 Å². The highest BCUT2D eigenvalue weighted by molar-refractivity contribution is 5.68. The van der Waals surface area contributed by atoms with Crippen molar-refractivity contribution >= 4 is 11.8 Å². The van der Waals surface area contributed by atoms with Crippen molar-refractivity contribution in [2.45, 2.75) is 44.7 Å². The molecule has 10 heteroatoms. The van der Waals surface area contributed by atoms with Gasteiger partial charge in [0.25, 0.3) is 0 Å². The zero-order valence-electron chi connectivity index (χ0n) is 28.5. The molecule has 0 spiro atoms. The van der Waals surface area contributed by atoms with Crippen molar-refractivity contribution in [3.05, 3.63) is 113 Å². The molecule has 1 fully saturated rings. The Hall–Kier alpha value is -4.93. The Morgan fingerprint density at radius 3 is 2.46 bits per heavy atom. The van der Waals surface area contributed by atoms with E-state index in [0.29, 0.717) is 38.7 Å². The van der Waals surface area contributed by atoms with Crippen LogP contribution in [0.1, 0.15) is 41.0 Å². The van der Waals surface area contributed by atoms with Gasteiger partial charge in [-0.1, -0.05) is 60.7 Å². The van der Waals surface area contributed by atoms with Crippen molar-refractivity contribution in [1.29, 1.82) is 0 Å². The molecule has 0 saturated carbocycles. The summed E-state index contributed by atoms with van der Waals surface area (Å²) >= 11 is 0. The number of ether oxygens (including phenoxy) is 7. The third kappa shape index (κ3) is 8.26. The molecule has 4 aromatic rings. The van der Waals surface area contributed by atoms with E-state index in [1.165, 1.54) is 5.56 Å². The summed E-state index contributed by atoms with van der Waals surface area (Å²) in [5.74, 6) is 3.15. The van der Waals surface area contributed by atoms with Crippen molar-refractivity contribution in [2.75, 3.05) is 58.2 Å². The van der Waals surface area contributed by atoms with E-state index in [1.807, 2.05) is 54.6 Å². The molecule has 7 rings (SSSR count). The van der Waals surface area contributed by atoms with Crippen LogP contribution in [0.5, 0.6) is 23.0 Å². The van der Waals surface area contributed by atoms with Gasteiger partial charge < -0.3 is 43.0 Å². The van der Waals surface area contributed by atoms with Crippen LogP contribution in [-0.2, 0) is 34.0 Å². The number of benzene rings is 4. The molecule has 0 bridgehead atoms. The van der Waals surface area contributed by atoms with Gasteiger partial charge in [0, 0.05) is 38.8 Å². The summed E-state index contributed by atoms with van der Waals surface area (Å²) in [5, 5.41) is 0. The zero-order chi connectivity index (χ0) is 34.1. The van der Waals surface area contributed by atoms with Gasteiger partial charge in [0.1, 0.15) is 31.3 Å². The number of nitrogens with zero attached hydrogens (tertiary/aromatic N) is 2. The van der Waals surface area contributed by atoms with E-state index in [4.69, 9.17) is 33.2 Å². The number of anilines is 1. The molecular weight excluding hydrogens is 636 g/mol. The lowest BCUT2D eigenvalue weighted by Gasteiger charge is -2.38. The van der Waals surface area contributed by atoms with Crippen LogP contribution in [0, 0.1) is 0 Å². The predicted octanol–water partition coefficient (Wildman–Crippen LogP) is 6.94. The quantitative estimate of drug-likeness (QED) is 0.139. The van der Waals surface area contributed by atoms with Crippen molar-refractivity contribution in [3.8, 4) is 23.0 Å². The Balaban J connectivity index is 1.03. The summed E-state index contributed by atoms with van der Waals surface area (Å²) in [7, 11) is 1.73. The fraction of sp³-hybridized carbons (Fsp3) is 0.375. The molecular formula is C40H44N2O8. The predicted molar refractivity (Wildman–Crippen MR) is 188 cm³/mol. The fourth-order valence-electron chi connectivity index (χ4n) is 6.68. The molecule has 0 aromatic heterocycles. The van der Waals surface area contributed by atoms with Gasteiger partial charge in [0.05, 0.1) is 31.5 Å². The summed E-state index contributed by atoms with van der Waals surface area (Å²) < 4.78 is 40.6. The van der Waals surface area contributed by atoms with Crippen molar-refractivity contribution in [2.24, 2.45) is 0 Å². The average molecular weight is 681 g/mol. The molecule has 262 valence electrons. The summed E-state index contributed by atoms with van der Waals surface area (Å²) in [6.45, 7) is 5.44. The summed E-state index contributed by atoms with van der Waals surface area (Å²) in [4.78, 5) is 17.4. The van der Waals surface area contributed by atoms with Crippen LogP contribution in [0.4, 0.5) is 10.5 Å². The molecule has 1 amide bonds. The maximum Gasteiger partial charge on any atom is 0.410 e. The molecule has 0 N–H and O–H groups in total. The van der Waals surface area contributed by atoms with E-state index in [0.717, 1.165) is 72.2 Å². The Kier molecular flexibility index (Phi) is 10.9. The van der Waals surface area contributed by atoms with E-state index in [-0.39, 0.29) is 31.5 Å². The highest BCUT2D eigenvalue weighted by Crippen LogP contribution is 2.37. The van der Waals surface area contributed by atoms with Crippen LogP contribution in [-0.4, -0.2) is 70.4 Å². The summed E-state index contributed by atoms with van der Waals surface area (Å²) in [5.41, 5.74) is 5.32. The number of carbonyl (C=O) groups excluding carboxylic acids is 1.